The van der Waals surface area contributed by atoms with Crippen LogP contribution in [0.1, 0.15) is 78.4 Å². The Morgan fingerprint density at radius 3 is 2.38 bits per heavy atom. The van der Waals surface area contributed by atoms with E-state index in [1.807, 2.05) is 13.8 Å². The Hall–Kier alpha value is -1.76. The fourth-order valence-corrected chi connectivity index (χ4v) is 3.77. The second-order valence-electron chi connectivity index (χ2n) is 8.57. The Kier molecular flexibility index (Phi) is 9.96. The number of ether oxygens (including phenoxy) is 1. The van der Waals surface area contributed by atoms with Crippen LogP contribution in [0.5, 0.6) is 0 Å². The molecule has 0 fully saturated rings. The summed E-state index contributed by atoms with van der Waals surface area (Å²) in [5.41, 5.74) is -0.871. The molecular formula is C22H36N2O4S. The van der Waals surface area contributed by atoms with Gasteiger partial charge in [-0.2, -0.15) is 0 Å². The number of rotatable bonds is 11. The Morgan fingerprint density at radius 2 is 1.83 bits per heavy atom. The molecule has 0 amide bonds. The van der Waals surface area contributed by atoms with Crippen LogP contribution in [0.3, 0.4) is 0 Å². The summed E-state index contributed by atoms with van der Waals surface area (Å²) in [6.07, 6.45) is 4.68. The van der Waals surface area contributed by atoms with Crippen molar-refractivity contribution in [3.63, 3.8) is 0 Å². The van der Waals surface area contributed by atoms with Gasteiger partial charge < -0.3 is 9.30 Å². The molecule has 0 saturated heterocycles. The number of aryl methyl sites for hydroxylation is 1. The maximum absolute atomic E-state index is 12.6. The number of hydrogen-bond acceptors (Lipinski definition) is 5. The summed E-state index contributed by atoms with van der Waals surface area (Å²) in [4.78, 5) is 37.0. The number of hydrogen-bond donors (Lipinski definition) is 0. The molecule has 0 aliphatic rings. The van der Waals surface area contributed by atoms with E-state index < -0.39 is 11.0 Å². The minimum atomic E-state index is -0.479. The van der Waals surface area contributed by atoms with Gasteiger partial charge in [0.05, 0.1) is 12.0 Å². The predicted molar refractivity (Wildman–Crippen MR) is 118 cm³/mol. The monoisotopic (exact) mass is 424 g/mol. The maximum atomic E-state index is 12.6. The number of esters is 1. The summed E-state index contributed by atoms with van der Waals surface area (Å²) in [6.45, 7) is 13.2. The van der Waals surface area contributed by atoms with Crippen molar-refractivity contribution in [1.82, 2.24) is 9.13 Å². The van der Waals surface area contributed by atoms with Crippen LogP contribution in [0.2, 0.25) is 0 Å². The SMILES string of the molecule is CCn1ccc(=O)n(C(=O)CCCCCOC(=O)C(C)(CC(C)C)C(C)C)c1=S. The Balaban J connectivity index is 2.49. The molecule has 0 saturated carbocycles. The van der Waals surface area contributed by atoms with Crippen LogP contribution in [0.4, 0.5) is 0 Å². The van der Waals surface area contributed by atoms with Gasteiger partial charge in [-0.25, -0.2) is 4.57 Å². The molecule has 0 spiro atoms. The molecular weight excluding hydrogens is 388 g/mol. The van der Waals surface area contributed by atoms with Crippen molar-refractivity contribution in [1.29, 1.82) is 0 Å². The van der Waals surface area contributed by atoms with Crippen LogP contribution >= 0.6 is 12.2 Å². The maximum Gasteiger partial charge on any atom is 0.312 e. The van der Waals surface area contributed by atoms with Crippen molar-refractivity contribution >= 4 is 24.1 Å². The van der Waals surface area contributed by atoms with Gasteiger partial charge in [0.2, 0.25) is 5.91 Å². The lowest BCUT2D eigenvalue weighted by molar-refractivity contribution is -0.159. The third-order valence-electron chi connectivity index (χ3n) is 5.49. The first-order valence-corrected chi connectivity index (χ1v) is 11.0. The molecule has 0 bridgehead atoms. The number of nitrogens with zero attached hydrogens (tertiary/aromatic N) is 2. The average Bonchev–Trinajstić information content (AvgIpc) is 2.63. The second kappa shape index (κ2) is 11.4. The van der Waals surface area contributed by atoms with E-state index in [0.29, 0.717) is 31.9 Å². The second-order valence-corrected chi connectivity index (χ2v) is 8.93. The summed E-state index contributed by atoms with van der Waals surface area (Å²) >= 11 is 5.24. The summed E-state index contributed by atoms with van der Waals surface area (Å²) in [5, 5.41) is 0. The molecule has 0 aliphatic carbocycles. The minimum absolute atomic E-state index is 0.145. The van der Waals surface area contributed by atoms with E-state index >= 15 is 0 Å². The van der Waals surface area contributed by atoms with Gasteiger partial charge in [0.15, 0.2) is 4.77 Å². The van der Waals surface area contributed by atoms with Crippen molar-refractivity contribution in [2.75, 3.05) is 6.61 Å². The highest BCUT2D eigenvalue weighted by molar-refractivity contribution is 7.71. The zero-order chi connectivity index (χ0) is 22.2. The molecule has 7 heteroatoms. The molecule has 1 atom stereocenters. The smallest absolute Gasteiger partial charge is 0.312 e. The van der Waals surface area contributed by atoms with Crippen LogP contribution in [0, 0.1) is 22.0 Å². The van der Waals surface area contributed by atoms with Gasteiger partial charge in [-0.1, -0.05) is 27.7 Å². The lowest BCUT2D eigenvalue weighted by atomic mass is 9.73. The van der Waals surface area contributed by atoms with E-state index in [1.54, 1.807) is 10.8 Å². The highest BCUT2D eigenvalue weighted by Crippen LogP contribution is 2.35. The van der Waals surface area contributed by atoms with Crippen molar-refractivity contribution in [2.45, 2.75) is 80.2 Å². The van der Waals surface area contributed by atoms with Gasteiger partial charge in [0.25, 0.3) is 5.56 Å². The third kappa shape index (κ3) is 6.91. The minimum Gasteiger partial charge on any atom is -0.465 e. The number of aromatic nitrogens is 2. The van der Waals surface area contributed by atoms with Crippen molar-refractivity contribution in [3.05, 3.63) is 27.4 Å². The standard InChI is InChI=1S/C22H36N2O4S/c1-7-23-13-12-19(26)24(21(23)29)18(25)11-9-8-10-14-28-20(27)22(6,17(4)5)15-16(2)3/h12-13,16-17H,7-11,14-15H2,1-6H3. The van der Waals surface area contributed by atoms with Gasteiger partial charge in [0.1, 0.15) is 0 Å². The summed E-state index contributed by atoms with van der Waals surface area (Å²) < 4.78 is 8.52. The van der Waals surface area contributed by atoms with E-state index in [9.17, 15) is 14.4 Å². The normalized spacial score (nSPS) is 13.5. The van der Waals surface area contributed by atoms with E-state index in [-0.39, 0.29) is 29.0 Å². The van der Waals surface area contributed by atoms with Gasteiger partial charge >= 0.3 is 5.97 Å². The van der Waals surface area contributed by atoms with Crippen LogP contribution in [0.15, 0.2) is 17.1 Å². The van der Waals surface area contributed by atoms with Crippen molar-refractivity contribution < 1.29 is 14.3 Å². The molecule has 1 aromatic heterocycles. The Labute approximate surface area is 179 Å². The number of unbranched alkanes of at least 4 members (excludes halogenated alkanes) is 2. The van der Waals surface area contributed by atoms with Gasteiger partial charge in [-0.3, -0.25) is 14.4 Å². The fourth-order valence-electron chi connectivity index (χ4n) is 3.38. The highest BCUT2D eigenvalue weighted by atomic mass is 32.1. The Bertz CT molecular complexity index is 810. The van der Waals surface area contributed by atoms with Crippen LogP contribution in [-0.4, -0.2) is 27.6 Å². The molecule has 164 valence electrons. The van der Waals surface area contributed by atoms with E-state index in [0.717, 1.165) is 17.4 Å². The predicted octanol–water partition coefficient (Wildman–Crippen LogP) is 4.85. The molecule has 0 radical (unpaired) electrons. The quantitative estimate of drug-likeness (QED) is 0.288. The summed E-state index contributed by atoms with van der Waals surface area (Å²) in [6, 6.07) is 1.36. The van der Waals surface area contributed by atoms with Gasteiger partial charge in [-0.15, -0.1) is 0 Å². The molecule has 0 aliphatic heterocycles. The molecule has 0 aromatic carbocycles. The van der Waals surface area contributed by atoms with Gasteiger partial charge in [-0.05, 0) is 63.6 Å². The number of carbonyl (C=O) groups excluding carboxylic acids is 2. The lowest BCUT2D eigenvalue weighted by Crippen LogP contribution is -2.36. The first-order chi connectivity index (χ1) is 13.5. The summed E-state index contributed by atoms with van der Waals surface area (Å²) in [7, 11) is 0. The first-order valence-electron chi connectivity index (χ1n) is 10.6. The molecule has 1 unspecified atom stereocenters. The third-order valence-corrected chi connectivity index (χ3v) is 5.90. The average molecular weight is 425 g/mol. The molecule has 1 heterocycles. The molecule has 29 heavy (non-hydrogen) atoms. The number of carbonyl (C=O) groups is 2. The van der Waals surface area contributed by atoms with Gasteiger partial charge in [0, 0.05) is 25.2 Å². The Morgan fingerprint density at radius 1 is 1.17 bits per heavy atom. The zero-order valence-electron chi connectivity index (χ0n) is 18.7. The molecule has 6 nitrogen and oxygen atoms in total. The summed E-state index contributed by atoms with van der Waals surface area (Å²) in [5.74, 6) is 0.192. The molecule has 1 aromatic rings. The molecule has 0 N–H and O–H groups in total. The zero-order valence-corrected chi connectivity index (χ0v) is 19.5. The van der Waals surface area contributed by atoms with Crippen molar-refractivity contribution in [2.24, 2.45) is 17.3 Å². The first kappa shape index (κ1) is 25.3. The van der Waals surface area contributed by atoms with Crippen LogP contribution in [0.25, 0.3) is 0 Å². The fraction of sp³-hybridized carbons (Fsp3) is 0.727. The lowest BCUT2D eigenvalue weighted by Gasteiger charge is -2.32. The van der Waals surface area contributed by atoms with Crippen LogP contribution < -0.4 is 5.56 Å². The van der Waals surface area contributed by atoms with E-state index in [1.165, 1.54) is 6.07 Å². The van der Waals surface area contributed by atoms with Crippen molar-refractivity contribution in [3.8, 4) is 0 Å². The highest BCUT2D eigenvalue weighted by Gasteiger charge is 2.38. The van der Waals surface area contributed by atoms with E-state index in [4.69, 9.17) is 17.0 Å². The van der Waals surface area contributed by atoms with E-state index in [2.05, 4.69) is 27.7 Å². The topological polar surface area (TPSA) is 70.3 Å². The largest absolute Gasteiger partial charge is 0.465 e. The molecule has 1 rings (SSSR count). The van der Waals surface area contributed by atoms with Crippen LogP contribution in [-0.2, 0) is 16.1 Å².